The number of aliphatic hydroxyl groups excluding tert-OH is 1. The van der Waals surface area contributed by atoms with E-state index in [0.29, 0.717) is 33.0 Å². The van der Waals surface area contributed by atoms with Gasteiger partial charge in [-0.1, -0.05) is 29.8 Å². The average molecular weight is 503 g/mol. The number of hydrogen-bond acceptors (Lipinski definition) is 5. The van der Waals surface area contributed by atoms with Crippen LogP contribution in [0.5, 0.6) is 0 Å². The van der Waals surface area contributed by atoms with E-state index in [4.69, 9.17) is 11.6 Å². The molecule has 1 aliphatic rings. The molecule has 1 amide bonds. The summed E-state index contributed by atoms with van der Waals surface area (Å²) in [7, 11) is 0. The van der Waals surface area contributed by atoms with Crippen LogP contribution in [0.15, 0.2) is 77.9 Å². The molecule has 0 saturated carbocycles. The number of hydrogen-bond donors (Lipinski definition) is 2. The smallest absolute Gasteiger partial charge is 0.253 e. The van der Waals surface area contributed by atoms with Gasteiger partial charge in [-0.2, -0.15) is 0 Å². The van der Waals surface area contributed by atoms with Gasteiger partial charge in [-0.25, -0.2) is 4.98 Å². The molecule has 1 fully saturated rings. The normalized spacial score (nSPS) is 14.2. The Morgan fingerprint density at radius 3 is 2.56 bits per heavy atom. The molecule has 5 rings (SSSR count). The summed E-state index contributed by atoms with van der Waals surface area (Å²) in [4.78, 5) is 32.7. The van der Waals surface area contributed by atoms with E-state index in [1.54, 1.807) is 36.7 Å². The quantitative estimate of drug-likeness (QED) is 0.413. The molecule has 0 unspecified atom stereocenters. The summed E-state index contributed by atoms with van der Waals surface area (Å²) < 4.78 is 1.92. The van der Waals surface area contributed by atoms with Gasteiger partial charge in [0.15, 0.2) is 5.43 Å². The number of aromatic nitrogens is 2. The van der Waals surface area contributed by atoms with E-state index in [2.05, 4.69) is 15.2 Å². The predicted molar refractivity (Wildman–Crippen MR) is 142 cm³/mol. The molecule has 0 atom stereocenters. The maximum absolute atomic E-state index is 13.2. The van der Waals surface area contributed by atoms with E-state index < -0.39 is 0 Å². The summed E-state index contributed by atoms with van der Waals surface area (Å²) in [6.45, 7) is 1.98. The number of pyridine rings is 2. The highest BCUT2D eigenvalue weighted by atomic mass is 35.5. The molecule has 0 bridgehead atoms. The van der Waals surface area contributed by atoms with Gasteiger partial charge in [-0.05, 0) is 61.2 Å². The summed E-state index contributed by atoms with van der Waals surface area (Å²) in [6, 6.07) is 18.5. The molecule has 0 spiro atoms. The maximum Gasteiger partial charge on any atom is 0.253 e. The molecule has 1 saturated heterocycles. The highest BCUT2D eigenvalue weighted by molar-refractivity contribution is 6.31. The van der Waals surface area contributed by atoms with E-state index in [0.717, 1.165) is 37.4 Å². The monoisotopic (exact) mass is 502 g/mol. The number of benzene rings is 2. The van der Waals surface area contributed by atoms with Crippen LogP contribution in [0.2, 0.25) is 5.02 Å². The fourth-order valence-corrected chi connectivity index (χ4v) is 4.78. The summed E-state index contributed by atoms with van der Waals surface area (Å²) >= 11 is 6.22. The van der Waals surface area contributed by atoms with Crippen LogP contribution < -0.4 is 15.6 Å². The molecule has 2 aromatic heterocycles. The molecule has 0 aliphatic carbocycles. The molecule has 2 aromatic carbocycles. The van der Waals surface area contributed by atoms with E-state index in [1.165, 1.54) is 0 Å². The van der Waals surface area contributed by atoms with Crippen molar-refractivity contribution in [2.45, 2.75) is 19.4 Å². The third kappa shape index (κ3) is 4.98. The Morgan fingerprint density at radius 1 is 1.08 bits per heavy atom. The number of nitrogens with zero attached hydrogens (tertiary/aromatic N) is 3. The highest BCUT2D eigenvalue weighted by Gasteiger charge is 2.20. The lowest BCUT2D eigenvalue weighted by molar-refractivity contribution is 0.0950. The molecule has 4 aromatic rings. The van der Waals surface area contributed by atoms with Crippen molar-refractivity contribution in [2.24, 2.45) is 5.92 Å². The van der Waals surface area contributed by atoms with E-state index >= 15 is 0 Å². The zero-order valence-corrected chi connectivity index (χ0v) is 20.5. The lowest BCUT2D eigenvalue weighted by atomic mass is 9.98. The van der Waals surface area contributed by atoms with Crippen molar-refractivity contribution in [3.05, 3.63) is 99.4 Å². The van der Waals surface area contributed by atoms with E-state index in [9.17, 15) is 14.7 Å². The average Bonchev–Trinajstić information content (AvgIpc) is 2.93. The van der Waals surface area contributed by atoms with Crippen LogP contribution in [-0.4, -0.2) is 40.3 Å². The number of piperidine rings is 1. The Bertz CT molecular complexity index is 1430. The minimum atomic E-state index is -0.296. The minimum absolute atomic E-state index is 0.0828. The molecule has 3 heterocycles. The highest BCUT2D eigenvalue weighted by Crippen LogP contribution is 2.23. The van der Waals surface area contributed by atoms with Crippen LogP contribution in [0.1, 0.15) is 28.8 Å². The van der Waals surface area contributed by atoms with Crippen molar-refractivity contribution in [3.8, 4) is 5.69 Å². The second-order valence-electron chi connectivity index (χ2n) is 9.05. The zero-order valence-electron chi connectivity index (χ0n) is 19.7. The molecule has 1 aliphatic heterocycles. The SMILES string of the molecule is O=C(NCc1cn(-c2ccccc2)c2cc(Cl)ccc2c1=O)c1ccc(N2CCC(CO)CC2)nc1. The summed E-state index contributed by atoms with van der Waals surface area (Å²) in [6.07, 6.45) is 5.18. The Balaban J connectivity index is 1.34. The number of aliphatic hydroxyl groups is 1. The van der Waals surface area contributed by atoms with Gasteiger partial charge >= 0.3 is 0 Å². The van der Waals surface area contributed by atoms with Crippen LogP contribution in [0.4, 0.5) is 5.82 Å². The van der Waals surface area contributed by atoms with Crippen molar-refractivity contribution >= 4 is 34.2 Å². The van der Waals surface area contributed by atoms with Gasteiger partial charge in [0.25, 0.3) is 5.91 Å². The maximum atomic E-state index is 13.2. The van der Waals surface area contributed by atoms with Crippen LogP contribution >= 0.6 is 11.6 Å². The van der Waals surface area contributed by atoms with Gasteiger partial charge in [0, 0.05) is 60.3 Å². The van der Waals surface area contributed by atoms with Crippen LogP contribution in [-0.2, 0) is 6.54 Å². The fourth-order valence-electron chi connectivity index (χ4n) is 4.61. The van der Waals surface area contributed by atoms with Crippen LogP contribution in [0.3, 0.4) is 0 Å². The van der Waals surface area contributed by atoms with Crippen molar-refractivity contribution in [3.63, 3.8) is 0 Å². The molecule has 8 heteroatoms. The summed E-state index contributed by atoms with van der Waals surface area (Å²) in [5.41, 5.74) is 2.35. The third-order valence-electron chi connectivity index (χ3n) is 6.72. The number of rotatable bonds is 6. The zero-order chi connectivity index (χ0) is 25.1. The third-order valence-corrected chi connectivity index (χ3v) is 6.96. The molecule has 7 nitrogen and oxygen atoms in total. The van der Waals surface area contributed by atoms with E-state index in [1.807, 2.05) is 41.0 Å². The number of fused-ring (bicyclic) bond motifs is 1. The predicted octanol–water partition coefficient (Wildman–Crippen LogP) is 4.18. The van der Waals surface area contributed by atoms with Crippen molar-refractivity contribution < 1.29 is 9.90 Å². The number of carbonyl (C=O) groups is 1. The number of carbonyl (C=O) groups excluding carboxylic acids is 1. The topological polar surface area (TPSA) is 87.5 Å². The number of nitrogens with one attached hydrogen (secondary N) is 1. The van der Waals surface area contributed by atoms with Gasteiger partial charge in [-0.15, -0.1) is 0 Å². The molecular weight excluding hydrogens is 476 g/mol. The van der Waals surface area contributed by atoms with Crippen LogP contribution in [0, 0.1) is 5.92 Å². The second kappa shape index (κ2) is 10.5. The van der Waals surface area contributed by atoms with Gasteiger partial charge in [0.05, 0.1) is 11.1 Å². The van der Waals surface area contributed by atoms with Crippen molar-refractivity contribution in [1.29, 1.82) is 0 Å². The number of halogens is 1. The summed E-state index contributed by atoms with van der Waals surface area (Å²) in [5.74, 6) is 0.877. The molecular formula is C28H27ClN4O3. The first kappa shape index (κ1) is 24.0. The Hall–Kier alpha value is -3.68. The van der Waals surface area contributed by atoms with Gasteiger partial charge < -0.3 is 19.9 Å². The lowest BCUT2D eigenvalue weighted by Crippen LogP contribution is -2.35. The Morgan fingerprint density at radius 2 is 1.86 bits per heavy atom. The number of para-hydroxylation sites is 1. The Labute approximate surface area is 214 Å². The standard InChI is InChI=1S/C28H27ClN4O3/c29-22-7-8-24-25(14-22)33(23-4-2-1-3-5-23)17-21(27(24)35)16-31-28(36)20-6-9-26(30-15-20)32-12-10-19(18-34)11-13-32/h1-9,14-15,17,19,34H,10-13,16,18H2,(H,31,36). The molecule has 2 N–H and O–H groups in total. The first-order valence-electron chi connectivity index (χ1n) is 12.0. The molecule has 0 radical (unpaired) electrons. The molecule has 36 heavy (non-hydrogen) atoms. The number of anilines is 1. The first-order chi connectivity index (χ1) is 17.5. The van der Waals surface area contributed by atoms with E-state index in [-0.39, 0.29) is 24.5 Å². The van der Waals surface area contributed by atoms with Gasteiger partial charge in [0.2, 0.25) is 0 Å². The minimum Gasteiger partial charge on any atom is -0.396 e. The summed E-state index contributed by atoms with van der Waals surface area (Å²) in [5, 5.41) is 13.3. The van der Waals surface area contributed by atoms with Crippen LogP contribution in [0.25, 0.3) is 16.6 Å². The van der Waals surface area contributed by atoms with Crippen molar-refractivity contribution in [1.82, 2.24) is 14.9 Å². The largest absolute Gasteiger partial charge is 0.396 e. The fraction of sp³-hybridized carbons (Fsp3) is 0.250. The number of amides is 1. The second-order valence-corrected chi connectivity index (χ2v) is 9.49. The lowest BCUT2D eigenvalue weighted by Gasteiger charge is -2.31. The molecule has 184 valence electrons. The first-order valence-corrected chi connectivity index (χ1v) is 12.4. The Kier molecular flexibility index (Phi) is 7.02. The van der Waals surface area contributed by atoms with Crippen molar-refractivity contribution in [2.75, 3.05) is 24.6 Å². The van der Waals surface area contributed by atoms with Gasteiger partial charge in [0.1, 0.15) is 5.82 Å². The van der Waals surface area contributed by atoms with Gasteiger partial charge in [-0.3, -0.25) is 9.59 Å².